The normalized spacial score (nSPS) is 12.4. The van der Waals surface area contributed by atoms with Crippen LogP contribution >= 0.6 is 11.9 Å². The third-order valence-corrected chi connectivity index (χ3v) is 4.14. The third kappa shape index (κ3) is 4.48. The minimum atomic E-state index is -0.294. The van der Waals surface area contributed by atoms with Crippen LogP contribution in [0.25, 0.3) is 10.8 Å². The lowest BCUT2D eigenvalue weighted by molar-refractivity contribution is 0.626. The van der Waals surface area contributed by atoms with Gasteiger partial charge in [-0.3, -0.25) is 4.72 Å². The maximum absolute atomic E-state index is 12.9. The highest BCUT2D eigenvalue weighted by molar-refractivity contribution is 7.98. The number of benzene rings is 3. The number of nitrogens with two attached hydrogens (primary N) is 2. The molecule has 0 aliphatic heterocycles. The molecule has 0 heterocycles. The van der Waals surface area contributed by atoms with Crippen LogP contribution in [0.2, 0.25) is 0 Å². The lowest BCUT2D eigenvalue weighted by Crippen LogP contribution is -2.28. The SMILES string of the molecule is NC(=Nc1cccc2ccccc12)/N=C(/N)NSc1ccc(F)cc1. The molecular formula is C18H16FN5S. The number of hydrogen-bond donors (Lipinski definition) is 3. The average molecular weight is 353 g/mol. The lowest BCUT2D eigenvalue weighted by Gasteiger charge is -2.05. The predicted octanol–water partition coefficient (Wildman–Crippen LogP) is 3.54. The van der Waals surface area contributed by atoms with Gasteiger partial charge in [0.25, 0.3) is 0 Å². The number of halogens is 1. The summed E-state index contributed by atoms with van der Waals surface area (Å²) in [5, 5.41) is 2.05. The first kappa shape index (κ1) is 16.8. The number of nitrogens with one attached hydrogen (secondary N) is 1. The fourth-order valence-corrected chi connectivity index (χ4v) is 2.75. The number of guanidine groups is 2. The third-order valence-electron chi connectivity index (χ3n) is 3.32. The molecule has 0 unspecified atom stereocenters. The highest BCUT2D eigenvalue weighted by Crippen LogP contribution is 2.25. The second-order valence-electron chi connectivity index (χ2n) is 5.12. The van der Waals surface area contributed by atoms with Gasteiger partial charge < -0.3 is 11.5 Å². The van der Waals surface area contributed by atoms with E-state index in [1.165, 1.54) is 24.1 Å². The Kier molecular flexibility index (Phi) is 5.15. The Morgan fingerprint density at radius 2 is 1.64 bits per heavy atom. The molecule has 25 heavy (non-hydrogen) atoms. The Labute approximate surface area is 148 Å². The average Bonchev–Trinajstić information content (AvgIpc) is 2.61. The molecule has 0 aliphatic carbocycles. The van der Waals surface area contributed by atoms with E-state index in [9.17, 15) is 4.39 Å². The number of rotatable bonds is 3. The molecule has 0 spiro atoms. The van der Waals surface area contributed by atoms with Crippen LogP contribution in [-0.4, -0.2) is 11.9 Å². The Morgan fingerprint density at radius 1 is 0.920 bits per heavy atom. The molecule has 126 valence electrons. The van der Waals surface area contributed by atoms with Gasteiger partial charge in [-0.05, 0) is 47.7 Å². The van der Waals surface area contributed by atoms with Gasteiger partial charge in [0, 0.05) is 10.3 Å². The zero-order valence-electron chi connectivity index (χ0n) is 13.2. The number of hydrogen-bond acceptors (Lipinski definition) is 2. The van der Waals surface area contributed by atoms with Crippen molar-refractivity contribution in [3.8, 4) is 0 Å². The molecule has 0 bridgehead atoms. The molecular weight excluding hydrogens is 337 g/mol. The lowest BCUT2D eigenvalue weighted by atomic mass is 10.1. The molecule has 0 atom stereocenters. The minimum Gasteiger partial charge on any atom is -0.369 e. The first-order valence-corrected chi connectivity index (χ1v) is 8.28. The highest BCUT2D eigenvalue weighted by atomic mass is 32.2. The van der Waals surface area contributed by atoms with E-state index in [0.29, 0.717) is 0 Å². The van der Waals surface area contributed by atoms with Gasteiger partial charge in [-0.1, -0.05) is 36.4 Å². The van der Waals surface area contributed by atoms with Crippen molar-refractivity contribution in [3.05, 3.63) is 72.5 Å². The summed E-state index contributed by atoms with van der Waals surface area (Å²) in [6.45, 7) is 0. The topological polar surface area (TPSA) is 88.8 Å². The number of aliphatic imine (C=N–C) groups is 2. The number of fused-ring (bicyclic) bond motifs is 1. The summed E-state index contributed by atoms with van der Waals surface area (Å²) in [4.78, 5) is 9.15. The van der Waals surface area contributed by atoms with Gasteiger partial charge in [-0.25, -0.2) is 9.38 Å². The van der Waals surface area contributed by atoms with Gasteiger partial charge in [-0.2, -0.15) is 4.99 Å². The van der Waals surface area contributed by atoms with E-state index in [-0.39, 0.29) is 17.7 Å². The van der Waals surface area contributed by atoms with Crippen molar-refractivity contribution in [3.63, 3.8) is 0 Å². The maximum Gasteiger partial charge on any atom is 0.223 e. The van der Waals surface area contributed by atoms with Crippen molar-refractivity contribution in [1.82, 2.24) is 4.72 Å². The van der Waals surface area contributed by atoms with Crippen LogP contribution in [0.4, 0.5) is 10.1 Å². The number of nitrogens with zero attached hydrogens (tertiary/aromatic N) is 2. The van der Waals surface area contributed by atoms with Crippen LogP contribution in [0.1, 0.15) is 0 Å². The molecule has 0 aromatic heterocycles. The summed E-state index contributed by atoms with van der Waals surface area (Å²) in [7, 11) is 0. The summed E-state index contributed by atoms with van der Waals surface area (Å²) < 4.78 is 15.7. The molecule has 7 heteroatoms. The van der Waals surface area contributed by atoms with Gasteiger partial charge in [0.2, 0.25) is 11.9 Å². The smallest absolute Gasteiger partial charge is 0.223 e. The van der Waals surface area contributed by atoms with Gasteiger partial charge in [-0.15, -0.1) is 0 Å². The van der Waals surface area contributed by atoms with Gasteiger partial charge >= 0.3 is 0 Å². The summed E-state index contributed by atoms with van der Waals surface area (Å²) in [6, 6.07) is 19.7. The molecule has 0 fully saturated rings. The van der Waals surface area contributed by atoms with Crippen LogP contribution in [-0.2, 0) is 0 Å². The maximum atomic E-state index is 12.9. The van der Waals surface area contributed by atoms with Crippen molar-refractivity contribution in [2.75, 3.05) is 0 Å². The molecule has 3 rings (SSSR count). The first-order valence-electron chi connectivity index (χ1n) is 7.46. The minimum absolute atomic E-state index is 0.0426. The first-order chi connectivity index (χ1) is 12.1. The monoisotopic (exact) mass is 353 g/mol. The van der Waals surface area contributed by atoms with Crippen LogP contribution in [0.3, 0.4) is 0 Å². The van der Waals surface area contributed by atoms with Gasteiger partial charge in [0.1, 0.15) is 5.82 Å². The fourth-order valence-electron chi connectivity index (χ4n) is 2.21. The van der Waals surface area contributed by atoms with Crippen LogP contribution in [0.5, 0.6) is 0 Å². The fraction of sp³-hybridized carbons (Fsp3) is 0. The van der Waals surface area contributed by atoms with E-state index >= 15 is 0 Å². The molecule has 5 N–H and O–H groups in total. The quantitative estimate of drug-likeness (QED) is 0.382. The van der Waals surface area contributed by atoms with E-state index < -0.39 is 0 Å². The molecule has 0 amide bonds. The van der Waals surface area contributed by atoms with E-state index in [2.05, 4.69) is 14.7 Å². The second kappa shape index (κ2) is 7.67. The van der Waals surface area contributed by atoms with Crippen molar-refractivity contribution in [1.29, 1.82) is 0 Å². The van der Waals surface area contributed by atoms with Crippen molar-refractivity contribution in [2.45, 2.75) is 4.90 Å². The standard InChI is InChI=1S/C18H16FN5S/c19-13-8-10-14(11-9-13)25-24-18(21)23-17(20)22-16-7-3-5-12-4-1-2-6-15(12)16/h1-11H,(H5,20,21,22,23,24). The molecule has 5 nitrogen and oxygen atoms in total. The summed E-state index contributed by atoms with van der Waals surface area (Å²) >= 11 is 1.21. The zero-order valence-corrected chi connectivity index (χ0v) is 14.0. The summed E-state index contributed by atoms with van der Waals surface area (Å²) in [5.41, 5.74) is 12.4. The van der Waals surface area contributed by atoms with E-state index in [1.807, 2.05) is 42.5 Å². The van der Waals surface area contributed by atoms with Gasteiger partial charge in [0.15, 0.2) is 0 Å². The molecule has 0 saturated heterocycles. The molecule has 0 aliphatic rings. The molecule has 3 aromatic rings. The van der Waals surface area contributed by atoms with E-state index in [4.69, 9.17) is 11.5 Å². The Balaban J connectivity index is 1.72. The largest absolute Gasteiger partial charge is 0.369 e. The van der Waals surface area contributed by atoms with Crippen LogP contribution in [0.15, 0.2) is 81.6 Å². The second-order valence-corrected chi connectivity index (χ2v) is 6.00. The predicted molar refractivity (Wildman–Crippen MR) is 102 cm³/mol. The van der Waals surface area contributed by atoms with Crippen molar-refractivity contribution in [2.24, 2.45) is 21.5 Å². The van der Waals surface area contributed by atoms with Gasteiger partial charge in [0.05, 0.1) is 5.69 Å². The zero-order chi connectivity index (χ0) is 17.6. The summed E-state index contributed by atoms with van der Waals surface area (Å²) in [6.07, 6.45) is 0. The Bertz CT molecular complexity index is 932. The highest BCUT2D eigenvalue weighted by Gasteiger charge is 2.01. The molecule has 0 saturated carbocycles. The Morgan fingerprint density at radius 3 is 2.44 bits per heavy atom. The van der Waals surface area contributed by atoms with Crippen LogP contribution in [0, 0.1) is 5.82 Å². The van der Waals surface area contributed by atoms with Crippen molar-refractivity contribution >= 4 is 40.3 Å². The molecule has 0 radical (unpaired) electrons. The van der Waals surface area contributed by atoms with E-state index in [1.54, 1.807) is 12.1 Å². The van der Waals surface area contributed by atoms with Crippen molar-refractivity contribution < 1.29 is 4.39 Å². The summed E-state index contributed by atoms with van der Waals surface area (Å²) in [5.74, 6) is -0.144. The molecule has 3 aromatic carbocycles. The Hall–Kier alpha value is -3.06. The van der Waals surface area contributed by atoms with Crippen LogP contribution < -0.4 is 16.2 Å². The van der Waals surface area contributed by atoms with E-state index in [0.717, 1.165) is 21.4 Å².